The summed E-state index contributed by atoms with van der Waals surface area (Å²) in [7, 11) is 5.52. The molecular formula is C13H20N2O2. The van der Waals surface area contributed by atoms with Gasteiger partial charge in [-0.05, 0) is 25.1 Å². The first kappa shape index (κ1) is 13.5. The van der Waals surface area contributed by atoms with Crippen LogP contribution >= 0.6 is 0 Å². The molecule has 1 amide bonds. The molecule has 0 fully saturated rings. The second kappa shape index (κ2) is 6.25. The Balaban J connectivity index is 2.72. The van der Waals surface area contributed by atoms with Gasteiger partial charge in [0.05, 0.1) is 6.61 Å². The quantitative estimate of drug-likeness (QED) is 0.842. The van der Waals surface area contributed by atoms with Crippen LogP contribution in [0.15, 0.2) is 24.3 Å². The standard InChI is InChI=1S/C13H20N2O2/c1-10(9-17-4)14-13(16)11-6-5-7-12(8-11)15(2)3/h5-8,10H,9H2,1-4H3,(H,14,16)/t10-/m1/s1. The molecule has 4 nitrogen and oxygen atoms in total. The van der Waals surface area contributed by atoms with Gasteiger partial charge in [0.2, 0.25) is 0 Å². The van der Waals surface area contributed by atoms with Crippen molar-refractivity contribution in [1.29, 1.82) is 0 Å². The van der Waals surface area contributed by atoms with Crippen LogP contribution in [0.5, 0.6) is 0 Å². The lowest BCUT2D eigenvalue weighted by molar-refractivity contribution is 0.0905. The Kier molecular flexibility index (Phi) is 4.97. The number of nitrogens with one attached hydrogen (secondary N) is 1. The van der Waals surface area contributed by atoms with Crippen molar-refractivity contribution in [2.45, 2.75) is 13.0 Å². The minimum Gasteiger partial charge on any atom is -0.383 e. The molecule has 0 radical (unpaired) electrons. The van der Waals surface area contributed by atoms with Crippen LogP contribution in [-0.2, 0) is 4.74 Å². The minimum atomic E-state index is -0.0711. The molecule has 0 bridgehead atoms. The second-order valence-electron chi connectivity index (χ2n) is 4.27. The fraction of sp³-hybridized carbons (Fsp3) is 0.462. The molecule has 0 unspecified atom stereocenters. The molecule has 1 atom stereocenters. The van der Waals surface area contributed by atoms with Crippen LogP contribution < -0.4 is 10.2 Å². The first-order chi connectivity index (χ1) is 8.04. The summed E-state index contributed by atoms with van der Waals surface area (Å²) < 4.78 is 4.98. The van der Waals surface area contributed by atoms with Gasteiger partial charge >= 0.3 is 0 Å². The number of amides is 1. The average molecular weight is 236 g/mol. The van der Waals surface area contributed by atoms with Crippen LogP contribution in [0.3, 0.4) is 0 Å². The van der Waals surface area contributed by atoms with E-state index in [4.69, 9.17) is 4.74 Å². The lowest BCUT2D eigenvalue weighted by Gasteiger charge is -2.15. The molecule has 0 aliphatic rings. The molecule has 0 saturated heterocycles. The van der Waals surface area contributed by atoms with E-state index in [0.717, 1.165) is 5.69 Å². The summed E-state index contributed by atoms with van der Waals surface area (Å²) in [4.78, 5) is 13.9. The number of methoxy groups -OCH3 is 1. The van der Waals surface area contributed by atoms with Crippen molar-refractivity contribution >= 4 is 11.6 Å². The molecule has 4 heteroatoms. The summed E-state index contributed by atoms with van der Waals surface area (Å²) in [5.41, 5.74) is 1.68. The molecule has 0 heterocycles. The van der Waals surface area contributed by atoms with Gasteiger partial charge in [0, 0.05) is 38.5 Å². The second-order valence-corrected chi connectivity index (χ2v) is 4.27. The van der Waals surface area contributed by atoms with E-state index in [1.165, 1.54) is 0 Å². The van der Waals surface area contributed by atoms with Gasteiger partial charge in [-0.15, -0.1) is 0 Å². The van der Waals surface area contributed by atoms with Gasteiger partial charge in [-0.25, -0.2) is 0 Å². The summed E-state index contributed by atoms with van der Waals surface area (Å²) in [6, 6.07) is 7.53. The van der Waals surface area contributed by atoms with Crippen molar-refractivity contribution in [3.63, 3.8) is 0 Å². The van der Waals surface area contributed by atoms with E-state index in [2.05, 4.69) is 5.32 Å². The van der Waals surface area contributed by atoms with E-state index >= 15 is 0 Å². The molecule has 0 aliphatic heterocycles. The summed E-state index contributed by atoms with van der Waals surface area (Å²) in [6.07, 6.45) is 0. The van der Waals surface area contributed by atoms with Crippen LogP contribution in [0.1, 0.15) is 17.3 Å². The van der Waals surface area contributed by atoms with Crippen molar-refractivity contribution in [2.24, 2.45) is 0 Å². The lowest BCUT2D eigenvalue weighted by atomic mass is 10.1. The Morgan fingerprint density at radius 2 is 2.18 bits per heavy atom. The first-order valence-corrected chi connectivity index (χ1v) is 5.61. The van der Waals surface area contributed by atoms with E-state index < -0.39 is 0 Å². The molecule has 17 heavy (non-hydrogen) atoms. The van der Waals surface area contributed by atoms with Gasteiger partial charge < -0.3 is 15.0 Å². The minimum absolute atomic E-state index is 0.00973. The monoisotopic (exact) mass is 236 g/mol. The Bertz CT molecular complexity index is 377. The van der Waals surface area contributed by atoms with Gasteiger partial charge in [-0.2, -0.15) is 0 Å². The molecule has 0 aromatic heterocycles. The Morgan fingerprint density at radius 3 is 2.76 bits per heavy atom. The fourth-order valence-electron chi connectivity index (χ4n) is 1.52. The predicted molar refractivity (Wildman–Crippen MR) is 69.6 cm³/mol. The topological polar surface area (TPSA) is 41.6 Å². The fourth-order valence-corrected chi connectivity index (χ4v) is 1.52. The first-order valence-electron chi connectivity index (χ1n) is 5.61. The Hall–Kier alpha value is -1.55. The third-order valence-corrected chi connectivity index (χ3v) is 2.42. The molecule has 0 spiro atoms. The largest absolute Gasteiger partial charge is 0.383 e. The zero-order valence-electron chi connectivity index (χ0n) is 10.9. The van der Waals surface area contributed by atoms with Gasteiger partial charge in [-0.3, -0.25) is 4.79 Å². The molecule has 1 aromatic carbocycles. The van der Waals surface area contributed by atoms with Crippen LogP contribution in [-0.4, -0.2) is 39.8 Å². The van der Waals surface area contributed by atoms with E-state index in [-0.39, 0.29) is 11.9 Å². The molecule has 1 rings (SSSR count). The number of anilines is 1. The van der Waals surface area contributed by atoms with Gasteiger partial charge in [0.25, 0.3) is 5.91 Å². The summed E-state index contributed by atoms with van der Waals surface area (Å²) >= 11 is 0. The maximum absolute atomic E-state index is 11.9. The average Bonchev–Trinajstić information content (AvgIpc) is 2.29. The van der Waals surface area contributed by atoms with E-state index in [0.29, 0.717) is 12.2 Å². The maximum atomic E-state index is 11.9. The van der Waals surface area contributed by atoms with E-state index in [9.17, 15) is 4.79 Å². The maximum Gasteiger partial charge on any atom is 0.251 e. The highest BCUT2D eigenvalue weighted by Gasteiger charge is 2.10. The predicted octanol–water partition coefficient (Wildman–Crippen LogP) is 1.52. The molecule has 0 aliphatic carbocycles. The Morgan fingerprint density at radius 1 is 1.47 bits per heavy atom. The lowest BCUT2D eigenvalue weighted by Crippen LogP contribution is -2.35. The zero-order chi connectivity index (χ0) is 12.8. The number of carbonyl (C=O) groups is 1. The summed E-state index contributed by atoms with van der Waals surface area (Å²) in [5.74, 6) is -0.0711. The number of nitrogens with zero attached hydrogens (tertiary/aromatic N) is 1. The number of carbonyl (C=O) groups excluding carboxylic acids is 1. The van der Waals surface area contributed by atoms with Crippen molar-refractivity contribution in [3.05, 3.63) is 29.8 Å². The van der Waals surface area contributed by atoms with Gasteiger partial charge in [-0.1, -0.05) is 6.07 Å². The van der Waals surface area contributed by atoms with Crippen molar-refractivity contribution in [1.82, 2.24) is 5.32 Å². The van der Waals surface area contributed by atoms with Crippen LogP contribution in [0, 0.1) is 0 Å². The number of hydrogen-bond donors (Lipinski definition) is 1. The van der Waals surface area contributed by atoms with E-state index in [1.807, 2.05) is 50.2 Å². The van der Waals surface area contributed by atoms with Crippen molar-refractivity contribution < 1.29 is 9.53 Å². The highest BCUT2D eigenvalue weighted by molar-refractivity contribution is 5.95. The van der Waals surface area contributed by atoms with Crippen LogP contribution in [0.25, 0.3) is 0 Å². The van der Waals surface area contributed by atoms with Crippen molar-refractivity contribution in [2.75, 3.05) is 32.7 Å². The van der Waals surface area contributed by atoms with Gasteiger partial charge in [0.15, 0.2) is 0 Å². The molecule has 0 saturated carbocycles. The van der Waals surface area contributed by atoms with Crippen LogP contribution in [0.2, 0.25) is 0 Å². The highest BCUT2D eigenvalue weighted by Crippen LogP contribution is 2.13. The number of ether oxygens (including phenoxy) is 1. The normalized spacial score (nSPS) is 12.0. The Labute approximate surface area is 103 Å². The molecule has 1 N–H and O–H groups in total. The SMILES string of the molecule is COC[C@@H](C)NC(=O)c1cccc(N(C)C)c1. The molecular weight excluding hydrogens is 216 g/mol. The van der Waals surface area contributed by atoms with Crippen molar-refractivity contribution in [3.8, 4) is 0 Å². The summed E-state index contributed by atoms with van der Waals surface area (Å²) in [5, 5.41) is 2.88. The number of benzene rings is 1. The third kappa shape index (κ3) is 4.07. The third-order valence-electron chi connectivity index (χ3n) is 2.42. The van der Waals surface area contributed by atoms with Crippen LogP contribution in [0.4, 0.5) is 5.69 Å². The zero-order valence-corrected chi connectivity index (χ0v) is 10.9. The number of hydrogen-bond acceptors (Lipinski definition) is 3. The molecule has 94 valence electrons. The number of rotatable bonds is 5. The van der Waals surface area contributed by atoms with Gasteiger partial charge in [0.1, 0.15) is 0 Å². The summed E-state index contributed by atoms with van der Waals surface area (Å²) in [6.45, 7) is 2.43. The highest BCUT2D eigenvalue weighted by atomic mass is 16.5. The smallest absolute Gasteiger partial charge is 0.251 e. The molecule has 1 aromatic rings. The van der Waals surface area contributed by atoms with E-state index in [1.54, 1.807) is 7.11 Å².